The predicted molar refractivity (Wildman–Crippen MR) is 109 cm³/mol. The standard InChI is InChI=1S/C22H34O6/c1-2-17(23)14-15-18(24)21-16-19(25)20(28-21)12-10-8-6-4-3-5-7-9-11-13-22(26)27/h3-4,7-10,14-15,17-21,23-25H,2,5-6,11-13,16H2,1H3,(H,26,27)/b4-3-,9-7-,10-8-,15-14+/t17-,18+,19+,20-,21+/m0/s1. The van der Waals surface area contributed by atoms with Crippen LogP contribution in [0.1, 0.15) is 51.9 Å². The Morgan fingerprint density at radius 3 is 2.36 bits per heavy atom. The molecule has 28 heavy (non-hydrogen) atoms. The molecule has 0 aromatic heterocycles. The molecule has 0 amide bonds. The van der Waals surface area contributed by atoms with E-state index in [4.69, 9.17) is 9.84 Å². The van der Waals surface area contributed by atoms with Gasteiger partial charge in [0, 0.05) is 12.8 Å². The summed E-state index contributed by atoms with van der Waals surface area (Å²) in [5, 5.41) is 38.2. The second kappa shape index (κ2) is 14.3. The van der Waals surface area contributed by atoms with Gasteiger partial charge in [-0.3, -0.25) is 4.79 Å². The summed E-state index contributed by atoms with van der Waals surface area (Å²) in [5.41, 5.74) is 0. The first-order valence-corrected chi connectivity index (χ1v) is 9.98. The van der Waals surface area contributed by atoms with Crippen molar-refractivity contribution in [3.63, 3.8) is 0 Å². The molecule has 0 aromatic rings. The second-order valence-electron chi connectivity index (χ2n) is 6.92. The van der Waals surface area contributed by atoms with E-state index in [1.807, 2.05) is 43.4 Å². The van der Waals surface area contributed by atoms with E-state index in [0.717, 1.165) is 12.8 Å². The fourth-order valence-electron chi connectivity index (χ4n) is 2.79. The Hall–Kier alpha value is -1.73. The molecule has 0 radical (unpaired) electrons. The average molecular weight is 395 g/mol. The quantitative estimate of drug-likeness (QED) is 0.358. The highest BCUT2D eigenvalue weighted by Gasteiger charge is 2.36. The van der Waals surface area contributed by atoms with E-state index in [0.29, 0.717) is 25.7 Å². The third kappa shape index (κ3) is 10.6. The first-order chi connectivity index (χ1) is 13.4. The summed E-state index contributed by atoms with van der Waals surface area (Å²) in [6.07, 6.45) is 15.9. The van der Waals surface area contributed by atoms with Gasteiger partial charge in [-0.25, -0.2) is 0 Å². The van der Waals surface area contributed by atoms with Gasteiger partial charge in [0.15, 0.2) is 0 Å². The molecule has 0 aliphatic carbocycles. The third-order valence-electron chi connectivity index (χ3n) is 4.52. The van der Waals surface area contributed by atoms with Crippen LogP contribution in [-0.4, -0.2) is 56.9 Å². The first kappa shape index (κ1) is 24.3. The summed E-state index contributed by atoms with van der Waals surface area (Å²) in [6.45, 7) is 1.86. The smallest absolute Gasteiger partial charge is 0.303 e. The van der Waals surface area contributed by atoms with Crippen molar-refractivity contribution < 1.29 is 30.0 Å². The number of allylic oxidation sites excluding steroid dienone is 5. The molecule has 1 aliphatic rings. The normalized spacial score (nSPS) is 25.5. The van der Waals surface area contributed by atoms with Gasteiger partial charge in [0.25, 0.3) is 0 Å². The fourth-order valence-corrected chi connectivity index (χ4v) is 2.79. The summed E-state index contributed by atoms with van der Waals surface area (Å²) in [7, 11) is 0. The number of carboxylic acid groups (broad SMARTS) is 1. The highest BCUT2D eigenvalue weighted by Crippen LogP contribution is 2.26. The number of hydrogen-bond acceptors (Lipinski definition) is 5. The van der Waals surface area contributed by atoms with E-state index in [1.165, 1.54) is 6.08 Å². The molecule has 4 N–H and O–H groups in total. The minimum atomic E-state index is -0.837. The van der Waals surface area contributed by atoms with Crippen LogP contribution in [0.15, 0.2) is 48.6 Å². The highest BCUT2D eigenvalue weighted by molar-refractivity contribution is 5.66. The maximum atomic E-state index is 10.4. The van der Waals surface area contributed by atoms with E-state index < -0.39 is 30.4 Å². The molecule has 0 bridgehead atoms. The van der Waals surface area contributed by atoms with Crippen LogP contribution in [-0.2, 0) is 9.53 Å². The van der Waals surface area contributed by atoms with Gasteiger partial charge in [0.1, 0.15) is 0 Å². The fraction of sp³-hybridized carbons (Fsp3) is 0.591. The van der Waals surface area contributed by atoms with Crippen molar-refractivity contribution >= 4 is 5.97 Å². The highest BCUT2D eigenvalue weighted by atomic mass is 16.5. The molecule has 1 heterocycles. The van der Waals surface area contributed by atoms with Crippen LogP contribution >= 0.6 is 0 Å². The maximum Gasteiger partial charge on any atom is 0.303 e. The van der Waals surface area contributed by atoms with Gasteiger partial charge in [-0.05, 0) is 32.1 Å². The summed E-state index contributed by atoms with van der Waals surface area (Å²) >= 11 is 0. The van der Waals surface area contributed by atoms with Crippen LogP contribution in [0.25, 0.3) is 0 Å². The molecule has 0 spiro atoms. The second-order valence-corrected chi connectivity index (χ2v) is 6.92. The minimum absolute atomic E-state index is 0.160. The average Bonchev–Trinajstić information content (AvgIpc) is 3.04. The van der Waals surface area contributed by atoms with Crippen LogP contribution in [0.5, 0.6) is 0 Å². The van der Waals surface area contributed by atoms with Crippen molar-refractivity contribution in [3.8, 4) is 0 Å². The van der Waals surface area contributed by atoms with E-state index in [-0.39, 0.29) is 12.5 Å². The molecule has 6 heteroatoms. The molecule has 0 saturated carbocycles. The Bertz CT molecular complexity index is 551. The van der Waals surface area contributed by atoms with Crippen molar-refractivity contribution in [2.24, 2.45) is 0 Å². The number of carbonyl (C=O) groups is 1. The maximum absolute atomic E-state index is 10.4. The molecule has 1 aliphatic heterocycles. The lowest BCUT2D eigenvalue weighted by molar-refractivity contribution is -0.136. The number of aliphatic hydroxyl groups is 3. The van der Waals surface area contributed by atoms with Gasteiger partial charge in [0.05, 0.1) is 30.5 Å². The van der Waals surface area contributed by atoms with E-state index in [1.54, 1.807) is 6.08 Å². The van der Waals surface area contributed by atoms with Crippen LogP contribution in [0.3, 0.4) is 0 Å². The SMILES string of the molecule is CC[C@H](O)/C=C/[C@@H](O)[C@H]1C[C@@H](O)[C@H](C/C=C\C/C=C\C/C=C\CCC(=O)O)O1. The topological polar surface area (TPSA) is 107 Å². The summed E-state index contributed by atoms with van der Waals surface area (Å²) < 4.78 is 5.75. The number of aliphatic hydroxyl groups excluding tert-OH is 3. The number of hydrogen-bond donors (Lipinski definition) is 4. The zero-order valence-electron chi connectivity index (χ0n) is 16.6. The number of ether oxygens (including phenoxy) is 1. The van der Waals surface area contributed by atoms with Crippen molar-refractivity contribution in [2.45, 2.75) is 82.4 Å². The van der Waals surface area contributed by atoms with E-state index >= 15 is 0 Å². The summed E-state index contributed by atoms with van der Waals surface area (Å²) in [5.74, 6) is -0.783. The Morgan fingerprint density at radius 1 is 1.07 bits per heavy atom. The van der Waals surface area contributed by atoms with Gasteiger partial charge >= 0.3 is 5.97 Å². The van der Waals surface area contributed by atoms with Crippen LogP contribution in [0.2, 0.25) is 0 Å². The minimum Gasteiger partial charge on any atom is -0.481 e. The molecule has 1 rings (SSSR count). The van der Waals surface area contributed by atoms with Crippen LogP contribution in [0.4, 0.5) is 0 Å². The van der Waals surface area contributed by atoms with Gasteiger partial charge in [-0.1, -0.05) is 55.5 Å². The van der Waals surface area contributed by atoms with Gasteiger partial charge in [-0.15, -0.1) is 0 Å². The lowest BCUT2D eigenvalue weighted by Crippen LogP contribution is -2.24. The summed E-state index contributed by atoms with van der Waals surface area (Å²) in [6, 6.07) is 0. The Balaban J connectivity index is 2.23. The molecular formula is C22H34O6. The van der Waals surface area contributed by atoms with Crippen molar-refractivity contribution in [1.29, 1.82) is 0 Å². The van der Waals surface area contributed by atoms with Crippen LogP contribution in [0, 0.1) is 0 Å². The molecule has 1 saturated heterocycles. The third-order valence-corrected chi connectivity index (χ3v) is 4.52. The van der Waals surface area contributed by atoms with Gasteiger partial charge < -0.3 is 25.2 Å². The van der Waals surface area contributed by atoms with Gasteiger partial charge in [-0.2, -0.15) is 0 Å². The van der Waals surface area contributed by atoms with E-state index in [2.05, 4.69) is 0 Å². The number of rotatable bonds is 13. The van der Waals surface area contributed by atoms with Crippen molar-refractivity contribution in [3.05, 3.63) is 48.6 Å². The largest absolute Gasteiger partial charge is 0.481 e. The number of aliphatic carboxylic acids is 1. The van der Waals surface area contributed by atoms with Crippen LogP contribution < -0.4 is 0 Å². The zero-order chi connectivity index (χ0) is 20.8. The lowest BCUT2D eigenvalue weighted by atomic mass is 10.0. The molecule has 6 nitrogen and oxygen atoms in total. The number of carboxylic acids is 1. The lowest BCUT2D eigenvalue weighted by Gasteiger charge is -2.16. The molecule has 0 aromatic carbocycles. The molecular weight excluding hydrogens is 360 g/mol. The first-order valence-electron chi connectivity index (χ1n) is 9.98. The predicted octanol–water partition coefficient (Wildman–Crippen LogP) is 2.90. The van der Waals surface area contributed by atoms with Gasteiger partial charge in [0.2, 0.25) is 0 Å². The Kier molecular flexibility index (Phi) is 12.4. The molecule has 158 valence electrons. The zero-order valence-corrected chi connectivity index (χ0v) is 16.6. The Labute approximate surface area is 167 Å². The molecule has 1 fully saturated rings. The molecule has 0 unspecified atom stereocenters. The van der Waals surface area contributed by atoms with E-state index in [9.17, 15) is 20.1 Å². The monoisotopic (exact) mass is 394 g/mol. The van der Waals surface area contributed by atoms with Crippen molar-refractivity contribution in [1.82, 2.24) is 0 Å². The Morgan fingerprint density at radius 2 is 1.71 bits per heavy atom. The molecule has 5 atom stereocenters. The van der Waals surface area contributed by atoms with Crippen molar-refractivity contribution in [2.75, 3.05) is 0 Å². The summed E-state index contributed by atoms with van der Waals surface area (Å²) in [4.78, 5) is 10.4.